The SMILES string of the molecule is CC(C)C1CCCN(C(CC(=O)O)c2ccccc2)CC1. The molecule has 1 fully saturated rings. The largest absolute Gasteiger partial charge is 0.481 e. The maximum absolute atomic E-state index is 11.3. The van der Waals surface area contributed by atoms with Gasteiger partial charge in [-0.05, 0) is 49.8 Å². The summed E-state index contributed by atoms with van der Waals surface area (Å²) in [5.74, 6) is 0.782. The molecule has 0 spiro atoms. The van der Waals surface area contributed by atoms with E-state index in [2.05, 4.69) is 30.9 Å². The molecule has 0 saturated carbocycles. The molecule has 116 valence electrons. The number of likely N-dealkylation sites (tertiary alicyclic amines) is 1. The Morgan fingerprint density at radius 3 is 2.57 bits per heavy atom. The Bertz CT molecular complexity index is 444. The van der Waals surface area contributed by atoms with Gasteiger partial charge in [-0.25, -0.2) is 0 Å². The molecule has 0 bridgehead atoms. The van der Waals surface area contributed by atoms with Crippen molar-refractivity contribution in [2.24, 2.45) is 11.8 Å². The number of carboxylic acid groups (broad SMARTS) is 1. The highest BCUT2D eigenvalue weighted by Crippen LogP contribution is 2.31. The summed E-state index contributed by atoms with van der Waals surface area (Å²) in [4.78, 5) is 13.6. The van der Waals surface area contributed by atoms with Crippen LogP contribution < -0.4 is 0 Å². The van der Waals surface area contributed by atoms with Crippen LogP contribution >= 0.6 is 0 Å². The van der Waals surface area contributed by atoms with Gasteiger partial charge in [-0.15, -0.1) is 0 Å². The van der Waals surface area contributed by atoms with Crippen molar-refractivity contribution in [3.05, 3.63) is 35.9 Å². The van der Waals surface area contributed by atoms with Crippen molar-refractivity contribution in [2.45, 2.75) is 45.6 Å². The quantitative estimate of drug-likeness (QED) is 0.892. The number of carboxylic acids is 1. The highest BCUT2D eigenvalue weighted by atomic mass is 16.4. The summed E-state index contributed by atoms with van der Waals surface area (Å²) < 4.78 is 0. The van der Waals surface area contributed by atoms with Gasteiger partial charge in [-0.3, -0.25) is 9.69 Å². The number of hydrogen-bond acceptors (Lipinski definition) is 2. The summed E-state index contributed by atoms with van der Waals surface area (Å²) in [7, 11) is 0. The number of carbonyl (C=O) groups is 1. The number of rotatable bonds is 5. The fourth-order valence-corrected chi connectivity index (χ4v) is 3.42. The molecule has 0 radical (unpaired) electrons. The highest BCUT2D eigenvalue weighted by molar-refractivity contribution is 5.68. The van der Waals surface area contributed by atoms with Gasteiger partial charge in [0.15, 0.2) is 0 Å². The van der Waals surface area contributed by atoms with Crippen LogP contribution in [0.25, 0.3) is 0 Å². The summed E-state index contributed by atoms with van der Waals surface area (Å²) in [6.45, 7) is 6.62. The van der Waals surface area contributed by atoms with Crippen molar-refractivity contribution in [3.63, 3.8) is 0 Å². The molecule has 1 aliphatic rings. The molecule has 1 aliphatic heterocycles. The maximum Gasteiger partial charge on any atom is 0.305 e. The zero-order valence-corrected chi connectivity index (χ0v) is 13.2. The summed E-state index contributed by atoms with van der Waals surface area (Å²) in [5.41, 5.74) is 1.13. The third-order valence-electron chi connectivity index (χ3n) is 4.74. The normalized spacial score (nSPS) is 22.0. The lowest BCUT2D eigenvalue weighted by Gasteiger charge is -2.30. The van der Waals surface area contributed by atoms with Crippen LogP contribution in [0.2, 0.25) is 0 Å². The van der Waals surface area contributed by atoms with Crippen molar-refractivity contribution in [3.8, 4) is 0 Å². The molecule has 21 heavy (non-hydrogen) atoms. The summed E-state index contributed by atoms with van der Waals surface area (Å²) >= 11 is 0. The fourth-order valence-electron chi connectivity index (χ4n) is 3.42. The third-order valence-corrected chi connectivity index (χ3v) is 4.74. The van der Waals surface area contributed by atoms with Gasteiger partial charge in [0.2, 0.25) is 0 Å². The van der Waals surface area contributed by atoms with E-state index in [1.165, 1.54) is 19.3 Å². The Morgan fingerprint density at radius 2 is 1.95 bits per heavy atom. The van der Waals surface area contributed by atoms with Crippen LogP contribution in [0, 0.1) is 11.8 Å². The monoisotopic (exact) mass is 289 g/mol. The fraction of sp³-hybridized carbons (Fsp3) is 0.611. The van der Waals surface area contributed by atoms with Crippen LogP contribution in [0.5, 0.6) is 0 Å². The molecule has 0 aromatic heterocycles. The lowest BCUT2D eigenvalue weighted by molar-refractivity contribution is -0.138. The van der Waals surface area contributed by atoms with E-state index in [-0.39, 0.29) is 12.5 Å². The van der Waals surface area contributed by atoms with Gasteiger partial charge in [0.25, 0.3) is 0 Å². The van der Waals surface area contributed by atoms with Crippen molar-refractivity contribution < 1.29 is 9.90 Å². The van der Waals surface area contributed by atoms with Gasteiger partial charge in [0.05, 0.1) is 6.42 Å². The number of aliphatic carboxylic acids is 1. The van der Waals surface area contributed by atoms with E-state index in [1.807, 2.05) is 18.2 Å². The highest BCUT2D eigenvalue weighted by Gasteiger charge is 2.26. The standard InChI is InChI=1S/C18H27NO2/c1-14(2)15-9-6-11-19(12-10-15)17(13-18(20)21)16-7-4-3-5-8-16/h3-5,7-8,14-15,17H,6,9-13H2,1-2H3,(H,20,21). The molecule has 1 aromatic carbocycles. The Balaban J connectivity index is 2.12. The minimum Gasteiger partial charge on any atom is -0.481 e. The minimum absolute atomic E-state index is 0.00890. The molecule has 2 unspecified atom stereocenters. The summed E-state index contributed by atoms with van der Waals surface area (Å²) in [6.07, 6.45) is 3.81. The van der Waals surface area contributed by atoms with Gasteiger partial charge < -0.3 is 5.11 Å². The molecule has 2 rings (SSSR count). The van der Waals surface area contributed by atoms with Crippen LogP contribution in [0.3, 0.4) is 0 Å². The first-order chi connectivity index (χ1) is 10.1. The molecular formula is C18H27NO2. The average molecular weight is 289 g/mol. The topological polar surface area (TPSA) is 40.5 Å². The second kappa shape index (κ2) is 7.60. The van der Waals surface area contributed by atoms with E-state index in [0.717, 1.165) is 30.5 Å². The third kappa shape index (κ3) is 4.57. The van der Waals surface area contributed by atoms with Crippen molar-refractivity contribution in [1.29, 1.82) is 0 Å². The summed E-state index contributed by atoms with van der Waals surface area (Å²) in [5, 5.41) is 9.26. The van der Waals surface area contributed by atoms with E-state index in [9.17, 15) is 9.90 Å². The predicted octanol–water partition coefficient (Wildman–Crippen LogP) is 3.96. The molecule has 2 atom stereocenters. The molecule has 3 nitrogen and oxygen atoms in total. The molecular weight excluding hydrogens is 262 g/mol. The van der Waals surface area contributed by atoms with E-state index in [0.29, 0.717) is 0 Å². The van der Waals surface area contributed by atoms with Crippen LogP contribution in [0.1, 0.15) is 51.1 Å². The van der Waals surface area contributed by atoms with E-state index < -0.39 is 5.97 Å². The first-order valence-electron chi connectivity index (χ1n) is 8.08. The van der Waals surface area contributed by atoms with Crippen LogP contribution in [0.15, 0.2) is 30.3 Å². The molecule has 1 heterocycles. The second-order valence-corrected chi connectivity index (χ2v) is 6.50. The van der Waals surface area contributed by atoms with E-state index in [4.69, 9.17) is 0 Å². The van der Waals surface area contributed by atoms with Crippen molar-refractivity contribution >= 4 is 5.97 Å². The molecule has 0 amide bonds. The molecule has 0 aliphatic carbocycles. The average Bonchev–Trinajstić information content (AvgIpc) is 2.71. The number of hydrogen-bond donors (Lipinski definition) is 1. The maximum atomic E-state index is 11.3. The van der Waals surface area contributed by atoms with Crippen LogP contribution in [-0.4, -0.2) is 29.1 Å². The van der Waals surface area contributed by atoms with E-state index >= 15 is 0 Å². The molecule has 1 N–H and O–H groups in total. The van der Waals surface area contributed by atoms with Gasteiger partial charge in [-0.1, -0.05) is 44.2 Å². The van der Waals surface area contributed by atoms with E-state index in [1.54, 1.807) is 0 Å². The predicted molar refractivity (Wildman–Crippen MR) is 85.2 cm³/mol. The Morgan fingerprint density at radius 1 is 1.24 bits per heavy atom. The van der Waals surface area contributed by atoms with Crippen LogP contribution in [-0.2, 0) is 4.79 Å². The number of nitrogens with zero attached hydrogens (tertiary/aromatic N) is 1. The Hall–Kier alpha value is -1.35. The lowest BCUT2D eigenvalue weighted by Crippen LogP contribution is -2.31. The Kier molecular flexibility index (Phi) is 5.80. The van der Waals surface area contributed by atoms with Crippen molar-refractivity contribution in [2.75, 3.05) is 13.1 Å². The first-order valence-corrected chi connectivity index (χ1v) is 8.08. The lowest BCUT2D eigenvalue weighted by atomic mass is 9.89. The molecule has 1 saturated heterocycles. The van der Waals surface area contributed by atoms with Gasteiger partial charge in [-0.2, -0.15) is 0 Å². The van der Waals surface area contributed by atoms with Crippen LogP contribution in [0.4, 0.5) is 0 Å². The number of benzene rings is 1. The smallest absolute Gasteiger partial charge is 0.305 e. The molecule has 1 aromatic rings. The van der Waals surface area contributed by atoms with Crippen molar-refractivity contribution in [1.82, 2.24) is 4.90 Å². The van der Waals surface area contributed by atoms with Gasteiger partial charge in [0.1, 0.15) is 0 Å². The van der Waals surface area contributed by atoms with Gasteiger partial charge in [0, 0.05) is 6.04 Å². The zero-order chi connectivity index (χ0) is 15.2. The second-order valence-electron chi connectivity index (χ2n) is 6.50. The van der Waals surface area contributed by atoms with Gasteiger partial charge >= 0.3 is 5.97 Å². The summed E-state index contributed by atoms with van der Waals surface area (Å²) in [6, 6.07) is 10.1. The Labute approximate surface area is 128 Å². The molecule has 3 heteroatoms. The minimum atomic E-state index is -0.714. The zero-order valence-electron chi connectivity index (χ0n) is 13.2. The first kappa shape index (κ1) is 16.0.